The van der Waals surface area contributed by atoms with E-state index in [9.17, 15) is 13.2 Å². The molecule has 22 heavy (non-hydrogen) atoms. The second kappa shape index (κ2) is 5.78. The van der Waals surface area contributed by atoms with Crippen molar-refractivity contribution in [2.75, 3.05) is 24.6 Å². The van der Waals surface area contributed by atoms with Crippen LogP contribution in [0, 0.1) is 11.3 Å². The van der Waals surface area contributed by atoms with Crippen molar-refractivity contribution in [3.63, 3.8) is 0 Å². The van der Waals surface area contributed by atoms with Crippen LogP contribution in [-0.2, 0) is 14.6 Å². The second-order valence-electron chi connectivity index (χ2n) is 7.95. The van der Waals surface area contributed by atoms with E-state index in [1.165, 1.54) is 0 Å². The van der Waals surface area contributed by atoms with Crippen LogP contribution in [0.15, 0.2) is 0 Å². The molecular formula is C16H28N2O3S. The molecule has 3 aliphatic rings. The first-order valence-corrected chi connectivity index (χ1v) is 10.3. The van der Waals surface area contributed by atoms with Crippen molar-refractivity contribution >= 4 is 15.7 Å². The van der Waals surface area contributed by atoms with Crippen molar-refractivity contribution in [1.29, 1.82) is 0 Å². The summed E-state index contributed by atoms with van der Waals surface area (Å²) in [6.45, 7) is 6.25. The minimum Gasteiger partial charge on any atom is -0.353 e. The SMILES string of the molecule is CC1(C)CC1C(=O)NC1CCN(C2CCS(=O)(=O)CC2)CC1. The highest BCUT2D eigenvalue weighted by Gasteiger charge is 2.50. The standard InChI is InChI=1S/C16H28N2O3S/c1-16(2)11-14(16)15(19)17-12-3-7-18(8-4-12)13-5-9-22(20,21)10-6-13/h12-14H,3-11H2,1-2H3,(H,17,19). The molecule has 5 nitrogen and oxygen atoms in total. The molecule has 0 aromatic carbocycles. The number of piperidine rings is 1. The Hall–Kier alpha value is -0.620. The highest BCUT2D eigenvalue weighted by Crippen LogP contribution is 2.51. The molecule has 1 aliphatic carbocycles. The lowest BCUT2D eigenvalue weighted by Crippen LogP contribution is -2.50. The van der Waals surface area contributed by atoms with E-state index < -0.39 is 9.84 Å². The van der Waals surface area contributed by atoms with Gasteiger partial charge in [-0.25, -0.2) is 8.42 Å². The third-order valence-corrected chi connectivity index (χ3v) is 7.46. The van der Waals surface area contributed by atoms with Gasteiger partial charge < -0.3 is 10.2 Å². The van der Waals surface area contributed by atoms with E-state index in [0.717, 1.165) is 45.2 Å². The number of rotatable bonds is 3. The molecule has 1 atom stereocenters. The average molecular weight is 328 g/mol. The Kier molecular flexibility index (Phi) is 4.27. The molecule has 1 amide bonds. The minimum absolute atomic E-state index is 0.193. The van der Waals surface area contributed by atoms with Crippen LogP contribution < -0.4 is 5.32 Å². The molecule has 3 rings (SSSR count). The number of likely N-dealkylation sites (tertiary alicyclic amines) is 1. The third-order valence-electron chi connectivity index (χ3n) is 5.75. The Morgan fingerprint density at radius 2 is 1.64 bits per heavy atom. The van der Waals surface area contributed by atoms with Gasteiger partial charge in [0.1, 0.15) is 9.84 Å². The van der Waals surface area contributed by atoms with Crippen LogP contribution in [0.2, 0.25) is 0 Å². The summed E-state index contributed by atoms with van der Waals surface area (Å²) in [5.41, 5.74) is 0.193. The van der Waals surface area contributed by atoms with Crippen molar-refractivity contribution in [3.8, 4) is 0 Å². The maximum atomic E-state index is 12.2. The zero-order valence-electron chi connectivity index (χ0n) is 13.7. The lowest BCUT2D eigenvalue weighted by Gasteiger charge is -2.39. The van der Waals surface area contributed by atoms with E-state index in [-0.39, 0.29) is 17.2 Å². The highest BCUT2D eigenvalue weighted by atomic mass is 32.2. The van der Waals surface area contributed by atoms with E-state index in [2.05, 4.69) is 24.1 Å². The molecule has 3 fully saturated rings. The number of nitrogens with one attached hydrogen (secondary N) is 1. The van der Waals surface area contributed by atoms with E-state index >= 15 is 0 Å². The quantitative estimate of drug-likeness (QED) is 0.845. The van der Waals surface area contributed by atoms with Gasteiger partial charge in [-0.1, -0.05) is 13.8 Å². The van der Waals surface area contributed by atoms with Gasteiger partial charge >= 0.3 is 0 Å². The lowest BCUT2D eigenvalue weighted by atomic mass is 10.00. The first-order chi connectivity index (χ1) is 10.3. The van der Waals surface area contributed by atoms with Crippen LogP contribution in [0.1, 0.15) is 46.0 Å². The molecule has 6 heteroatoms. The summed E-state index contributed by atoms with van der Waals surface area (Å²) < 4.78 is 23.0. The van der Waals surface area contributed by atoms with Crippen LogP contribution in [0.25, 0.3) is 0 Å². The molecular weight excluding hydrogens is 300 g/mol. The highest BCUT2D eigenvalue weighted by molar-refractivity contribution is 7.91. The molecule has 1 N–H and O–H groups in total. The number of amides is 1. The predicted molar refractivity (Wildman–Crippen MR) is 86.3 cm³/mol. The molecule has 0 radical (unpaired) electrons. The Morgan fingerprint density at radius 1 is 1.09 bits per heavy atom. The van der Waals surface area contributed by atoms with Crippen LogP contribution in [-0.4, -0.2) is 55.9 Å². The molecule has 2 aliphatic heterocycles. The fourth-order valence-corrected chi connectivity index (χ4v) is 5.33. The van der Waals surface area contributed by atoms with Crippen LogP contribution in [0.5, 0.6) is 0 Å². The molecule has 126 valence electrons. The fourth-order valence-electron chi connectivity index (χ4n) is 3.87. The minimum atomic E-state index is -2.78. The summed E-state index contributed by atoms with van der Waals surface area (Å²) in [5, 5.41) is 3.21. The monoisotopic (exact) mass is 328 g/mol. The van der Waals surface area contributed by atoms with Gasteiger partial charge in [0.2, 0.25) is 5.91 Å². The van der Waals surface area contributed by atoms with Gasteiger partial charge in [0.25, 0.3) is 0 Å². The number of carbonyl (C=O) groups is 1. The van der Waals surface area contributed by atoms with Crippen molar-refractivity contribution in [2.45, 2.75) is 58.0 Å². The van der Waals surface area contributed by atoms with E-state index in [0.29, 0.717) is 23.6 Å². The van der Waals surface area contributed by atoms with Crippen LogP contribution in [0.3, 0.4) is 0 Å². The molecule has 0 bridgehead atoms. The molecule has 0 aromatic heterocycles. The smallest absolute Gasteiger partial charge is 0.223 e. The zero-order valence-corrected chi connectivity index (χ0v) is 14.5. The number of nitrogens with zero attached hydrogens (tertiary/aromatic N) is 1. The fraction of sp³-hybridized carbons (Fsp3) is 0.938. The van der Waals surface area contributed by atoms with Crippen LogP contribution in [0.4, 0.5) is 0 Å². The number of hydrogen-bond donors (Lipinski definition) is 1. The second-order valence-corrected chi connectivity index (χ2v) is 10.3. The van der Waals surface area contributed by atoms with Gasteiger partial charge in [-0.05, 0) is 37.5 Å². The first kappa shape index (κ1) is 16.2. The van der Waals surface area contributed by atoms with Gasteiger partial charge in [0.05, 0.1) is 11.5 Å². The van der Waals surface area contributed by atoms with Gasteiger partial charge in [0.15, 0.2) is 0 Å². The lowest BCUT2D eigenvalue weighted by molar-refractivity contribution is -0.124. The largest absolute Gasteiger partial charge is 0.353 e. The summed E-state index contributed by atoms with van der Waals surface area (Å²) in [4.78, 5) is 14.6. The van der Waals surface area contributed by atoms with Crippen molar-refractivity contribution in [2.24, 2.45) is 11.3 Å². The summed E-state index contributed by atoms with van der Waals surface area (Å²) in [6, 6.07) is 0.718. The van der Waals surface area contributed by atoms with Crippen molar-refractivity contribution in [3.05, 3.63) is 0 Å². The summed E-state index contributed by atoms with van der Waals surface area (Å²) >= 11 is 0. The molecule has 1 unspecified atom stereocenters. The Morgan fingerprint density at radius 3 is 2.14 bits per heavy atom. The first-order valence-electron chi connectivity index (χ1n) is 8.52. The van der Waals surface area contributed by atoms with Gasteiger partial charge in [0, 0.05) is 31.1 Å². The van der Waals surface area contributed by atoms with E-state index in [1.54, 1.807) is 0 Å². The van der Waals surface area contributed by atoms with Gasteiger partial charge in [-0.3, -0.25) is 4.79 Å². The number of carbonyl (C=O) groups excluding carboxylic acids is 1. The maximum Gasteiger partial charge on any atom is 0.223 e. The number of hydrogen-bond acceptors (Lipinski definition) is 4. The normalized spacial score (nSPS) is 32.5. The summed E-state index contributed by atoms with van der Waals surface area (Å²) in [5.74, 6) is 1.11. The van der Waals surface area contributed by atoms with E-state index in [4.69, 9.17) is 0 Å². The maximum absolute atomic E-state index is 12.2. The van der Waals surface area contributed by atoms with Gasteiger partial charge in [-0.15, -0.1) is 0 Å². The Balaban J connectivity index is 1.42. The van der Waals surface area contributed by atoms with Crippen molar-refractivity contribution in [1.82, 2.24) is 10.2 Å². The zero-order chi connectivity index (χ0) is 16.0. The van der Waals surface area contributed by atoms with Gasteiger partial charge in [-0.2, -0.15) is 0 Å². The van der Waals surface area contributed by atoms with Crippen molar-refractivity contribution < 1.29 is 13.2 Å². The van der Waals surface area contributed by atoms with Crippen LogP contribution >= 0.6 is 0 Å². The molecule has 2 heterocycles. The third kappa shape index (κ3) is 3.65. The summed E-state index contributed by atoms with van der Waals surface area (Å²) in [7, 11) is -2.78. The predicted octanol–water partition coefficient (Wildman–Crippen LogP) is 1.19. The molecule has 0 spiro atoms. The number of sulfone groups is 1. The average Bonchev–Trinajstić information content (AvgIpc) is 3.09. The molecule has 2 saturated heterocycles. The molecule has 0 aromatic rings. The van der Waals surface area contributed by atoms with E-state index in [1.807, 2.05) is 0 Å². The topological polar surface area (TPSA) is 66.5 Å². The Labute approximate surface area is 133 Å². The summed E-state index contributed by atoms with van der Waals surface area (Å²) in [6.07, 6.45) is 4.53. The molecule has 1 saturated carbocycles. The Bertz CT molecular complexity index is 522.